The number of hydrogen-bond donors (Lipinski definition) is 1. The normalized spacial score (nSPS) is 11.8. The molecule has 0 unspecified atom stereocenters. The highest BCUT2D eigenvalue weighted by molar-refractivity contribution is 7.92. The van der Waals surface area contributed by atoms with Gasteiger partial charge in [-0.25, -0.2) is 13.4 Å². The standard InChI is InChI=1S/C21H24N2O2S2/c1-13(2)18-10-9-17(19-12-26-16(5)22-19)11-20(18)27(24,25)23-21-14(3)7-6-8-15(21)4/h6-13,23H,1-5H3. The summed E-state index contributed by atoms with van der Waals surface area (Å²) in [6.07, 6.45) is 0. The highest BCUT2D eigenvalue weighted by atomic mass is 32.2. The summed E-state index contributed by atoms with van der Waals surface area (Å²) in [4.78, 5) is 4.80. The second-order valence-electron chi connectivity index (χ2n) is 7.03. The smallest absolute Gasteiger partial charge is 0.262 e. The molecule has 0 atom stereocenters. The minimum atomic E-state index is -3.73. The van der Waals surface area contributed by atoms with Crippen molar-refractivity contribution in [2.75, 3.05) is 4.72 Å². The summed E-state index contributed by atoms with van der Waals surface area (Å²) in [5.41, 5.74) is 4.85. The highest BCUT2D eigenvalue weighted by Gasteiger charge is 2.23. The fourth-order valence-electron chi connectivity index (χ4n) is 3.06. The summed E-state index contributed by atoms with van der Waals surface area (Å²) < 4.78 is 29.4. The van der Waals surface area contributed by atoms with Gasteiger partial charge < -0.3 is 0 Å². The molecule has 2 aromatic carbocycles. The molecule has 1 heterocycles. The molecule has 142 valence electrons. The molecular formula is C21H24N2O2S2. The lowest BCUT2D eigenvalue weighted by atomic mass is 10.0. The Hall–Kier alpha value is -2.18. The van der Waals surface area contributed by atoms with Gasteiger partial charge in [0.2, 0.25) is 0 Å². The number of hydrogen-bond acceptors (Lipinski definition) is 4. The van der Waals surface area contributed by atoms with Gasteiger partial charge in [0.15, 0.2) is 0 Å². The number of para-hydroxylation sites is 1. The van der Waals surface area contributed by atoms with Gasteiger partial charge in [0, 0.05) is 10.9 Å². The summed E-state index contributed by atoms with van der Waals surface area (Å²) in [7, 11) is -3.73. The predicted octanol–water partition coefficient (Wildman–Crippen LogP) is 5.66. The van der Waals surface area contributed by atoms with E-state index in [0.29, 0.717) is 10.6 Å². The van der Waals surface area contributed by atoms with E-state index >= 15 is 0 Å². The molecule has 1 aromatic heterocycles. The van der Waals surface area contributed by atoms with Crippen molar-refractivity contribution >= 4 is 27.0 Å². The Labute approximate surface area is 165 Å². The molecule has 0 aliphatic carbocycles. The maximum Gasteiger partial charge on any atom is 0.262 e. The SMILES string of the molecule is Cc1nc(-c2ccc(C(C)C)c(S(=O)(=O)Nc3c(C)cccc3C)c2)cs1. The van der Waals surface area contributed by atoms with E-state index in [-0.39, 0.29) is 5.92 Å². The summed E-state index contributed by atoms with van der Waals surface area (Å²) in [6, 6.07) is 11.3. The number of sulfonamides is 1. The zero-order valence-corrected chi connectivity index (χ0v) is 17.8. The van der Waals surface area contributed by atoms with Gasteiger partial charge >= 0.3 is 0 Å². The number of benzene rings is 2. The Balaban J connectivity index is 2.12. The molecule has 0 saturated carbocycles. The van der Waals surface area contributed by atoms with E-state index in [0.717, 1.165) is 33.0 Å². The first-order chi connectivity index (χ1) is 12.7. The largest absolute Gasteiger partial charge is 0.279 e. The number of thiazole rings is 1. The van der Waals surface area contributed by atoms with E-state index in [2.05, 4.69) is 9.71 Å². The summed E-state index contributed by atoms with van der Waals surface area (Å²) in [5.74, 6) is 0.0840. The van der Waals surface area contributed by atoms with Crippen molar-refractivity contribution in [2.45, 2.75) is 45.4 Å². The fraction of sp³-hybridized carbons (Fsp3) is 0.286. The van der Waals surface area contributed by atoms with Crippen LogP contribution < -0.4 is 4.72 Å². The highest BCUT2D eigenvalue weighted by Crippen LogP contribution is 2.32. The Morgan fingerprint density at radius 3 is 2.26 bits per heavy atom. The Morgan fingerprint density at radius 1 is 1.04 bits per heavy atom. The molecule has 0 spiro atoms. The van der Waals surface area contributed by atoms with Crippen molar-refractivity contribution in [2.24, 2.45) is 0 Å². The molecule has 0 bridgehead atoms. The molecule has 0 fully saturated rings. The molecule has 6 heteroatoms. The Bertz CT molecular complexity index is 1060. The Kier molecular flexibility index (Phi) is 5.40. The first kappa shape index (κ1) is 19.6. The molecular weight excluding hydrogens is 376 g/mol. The van der Waals surface area contributed by atoms with Gasteiger partial charge in [-0.1, -0.05) is 44.2 Å². The van der Waals surface area contributed by atoms with Gasteiger partial charge in [-0.05, 0) is 49.4 Å². The molecule has 0 radical (unpaired) electrons. The number of rotatable bonds is 5. The van der Waals surface area contributed by atoms with Crippen molar-refractivity contribution in [3.63, 3.8) is 0 Å². The maximum absolute atomic E-state index is 13.3. The maximum atomic E-state index is 13.3. The number of nitrogens with one attached hydrogen (secondary N) is 1. The first-order valence-corrected chi connectivity index (χ1v) is 11.2. The van der Waals surface area contributed by atoms with Gasteiger partial charge in [0.25, 0.3) is 10.0 Å². The minimum Gasteiger partial charge on any atom is -0.279 e. The third-order valence-electron chi connectivity index (χ3n) is 4.56. The number of aryl methyl sites for hydroxylation is 3. The zero-order chi connectivity index (χ0) is 19.8. The molecule has 4 nitrogen and oxygen atoms in total. The average molecular weight is 401 g/mol. The van der Waals surface area contributed by atoms with E-state index in [1.807, 2.05) is 70.3 Å². The first-order valence-electron chi connectivity index (χ1n) is 8.84. The van der Waals surface area contributed by atoms with Gasteiger partial charge in [0.05, 0.1) is 21.3 Å². The fourth-order valence-corrected chi connectivity index (χ4v) is 5.28. The summed E-state index contributed by atoms with van der Waals surface area (Å²) in [5, 5.41) is 2.91. The van der Waals surface area contributed by atoms with Crippen LogP contribution in [0.3, 0.4) is 0 Å². The molecule has 3 rings (SSSR count). The minimum absolute atomic E-state index is 0.0840. The molecule has 0 aliphatic heterocycles. The number of nitrogens with zero attached hydrogens (tertiary/aromatic N) is 1. The second kappa shape index (κ2) is 7.44. The Morgan fingerprint density at radius 2 is 1.70 bits per heavy atom. The molecule has 1 N–H and O–H groups in total. The van der Waals surface area contributed by atoms with Crippen LogP contribution in [0, 0.1) is 20.8 Å². The number of anilines is 1. The van der Waals surface area contributed by atoms with Crippen LogP contribution in [-0.2, 0) is 10.0 Å². The van der Waals surface area contributed by atoms with Crippen LogP contribution in [0.1, 0.15) is 41.5 Å². The summed E-state index contributed by atoms with van der Waals surface area (Å²) >= 11 is 1.55. The van der Waals surface area contributed by atoms with Crippen LogP contribution in [0.5, 0.6) is 0 Å². The zero-order valence-electron chi connectivity index (χ0n) is 16.2. The van der Waals surface area contributed by atoms with E-state index in [4.69, 9.17) is 0 Å². The van der Waals surface area contributed by atoms with E-state index in [1.165, 1.54) is 0 Å². The molecule has 0 amide bonds. The third kappa shape index (κ3) is 4.06. The van der Waals surface area contributed by atoms with Crippen LogP contribution in [0.15, 0.2) is 46.7 Å². The van der Waals surface area contributed by atoms with Crippen LogP contribution >= 0.6 is 11.3 Å². The van der Waals surface area contributed by atoms with Gasteiger partial charge in [-0.3, -0.25) is 4.72 Å². The van der Waals surface area contributed by atoms with Crippen molar-refractivity contribution in [1.29, 1.82) is 0 Å². The van der Waals surface area contributed by atoms with Gasteiger partial charge in [-0.15, -0.1) is 11.3 Å². The summed E-state index contributed by atoms with van der Waals surface area (Å²) in [6.45, 7) is 9.75. The quantitative estimate of drug-likeness (QED) is 0.601. The van der Waals surface area contributed by atoms with Crippen molar-refractivity contribution in [3.8, 4) is 11.3 Å². The third-order valence-corrected chi connectivity index (χ3v) is 6.74. The van der Waals surface area contributed by atoms with Gasteiger partial charge in [0.1, 0.15) is 0 Å². The average Bonchev–Trinajstić information content (AvgIpc) is 3.04. The number of aromatic nitrogens is 1. The lowest BCUT2D eigenvalue weighted by molar-refractivity contribution is 0.599. The van der Waals surface area contributed by atoms with Crippen LogP contribution in [-0.4, -0.2) is 13.4 Å². The molecule has 0 saturated heterocycles. The van der Waals surface area contributed by atoms with E-state index in [1.54, 1.807) is 17.4 Å². The molecule has 0 aliphatic rings. The monoisotopic (exact) mass is 400 g/mol. The predicted molar refractivity (Wildman–Crippen MR) is 113 cm³/mol. The van der Waals surface area contributed by atoms with Gasteiger partial charge in [-0.2, -0.15) is 0 Å². The van der Waals surface area contributed by atoms with Crippen molar-refractivity contribution in [3.05, 3.63) is 63.5 Å². The van der Waals surface area contributed by atoms with E-state index < -0.39 is 10.0 Å². The lowest BCUT2D eigenvalue weighted by Crippen LogP contribution is -2.17. The molecule has 27 heavy (non-hydrogen) atoms. The lowest BCUT2D eigenvalue weighted by Gasteiger charge is -2.18. The topological polar surface area (TPSA) is 59.1 Å². The van der Waals surface area contributed by atoms with Crippen molar-refractivity contribution in [1.82, 2.24) is 4.98 Å². The van der Waals surface area contributed by atoms with Crippen LogP contribution in [0.2, 0.25) is 0 Å². The van der Waals surface area contributed by atoms with Crippen LogP contribution in [0.4, 0.5) is 5.69 Å². The second-order valence-corrected chi connectivity index (χ2v) is 9.74. The van der Waals surface area contributed by atoms with E-state index in [9.17, 15) is 8.42 Å². The molecule has 3 aromatic rings. The van der Waals surface area contributed by atoms with Crippen LogP contribution in [0.25, 0.3) is 11.3 Å². The van der Waals surface area contributed by atoms with Crippen molar-refractivity contribution < 1.29 is 8.42 Å².